The van der Waals surface area contributed by atoms with Gasteiger partial charge in [-0.25, -0.2) is 0 Å². The van der Waals surface area contributed by atoms with E-state index in [1.54, 1.807) is 23.1 Å². The number of carboxylic acid groups (broad SMARTS) is 1. The molecular weight excluding hydrogens is 316 g/mol. The molecule has 0 atom stereocenters. The topological polar surface area (TPSA) is 52.9 Å². The van der Waals surface area contributed by atoms with Crippen LogP contribution in [0, 0.1) is 6.92 Å². The molecule has 1 aliphatic heterocycles. The maximum absolute atomic E-state index is 10.8. The number of carboxylic acids is 1. The van der Waals surface area contributed by atoms with Crippen LogP contribution in [-0.2, 0) is 4.79 Å². The summed E-state index contributed by atoms with van der Waals surface area (Å²) in [4.78, 5) is 17.5. The Hall–Kier alpha value is -1.79. The Balaban J connectivity index is 1.96. The number of thiophene rings is 1. The van der Waals surface area contributed by atoms with E-state index >= 15 is 0 Å². The average molecular weight is 332 g/mol. The highest BCUT2D eigenvalue weighted by Gasteiger charge is 2.18. The molecule has 0 unspecified atom stereocenters. The number of anilines is 1. The Morgan fingerprint density at radius 1 is 1.36 bits per heavy atom. The molecule has 0 aliphatic carbocycles. The van der Waals surface area contributed by atoms with Crippen molar-refractivity contribution in [3.05, 3.63) is 51.2 Å². The number of hydrogen-bond donors (Lipinski definition) is 1. The van der Waals surface area contributed by atoms with Crippen LogP contribution < -0.4 is 14.8 Å². The van der Waals surface area contributed by atoms with Gasteiger partial charge in [-0.15, -0.1) is 23.1 Å². The molecule has 0 bridgehead atoms. The highest BCUT2D eigenvalue weighted by Crippen LogP contribution is 2.28. The molecule has 2 aromatic rings. The van der Waals surface area contributed by atoms with E-state index in [0.29, 0.717) is 12.4 Å². The number of thioether (sulfide) groups is 1. The van der Waals surface area contributed by atoms with Crippen LogP contribution in [0.3, 0.4) is 0 Å². The minimum Gasteiger partial charge on any atom is -0.481 e. The second-order valence-corrected chi connectivity index (χ2v) is 6.98. The van der Waals surface area contributed by atoms with Gasteiger partial charge in [-0.05, 0) is 30.5 Å². The van der Waals surface area contributed by atoms with Gasteiger partial charge in [0.15, 0.2) is 0 Å². The SMILES string of the molecule is Cc1ccc(N2CN=c3sccc3=C2SCCC(=O)O)cc1. The molecule has 22 heavy (non-hydrogen) atoms. The minimum absolute atomic E-state index is 0.159. The van der Waals surface area contributed by atoms with Crippen molar-refractivity contribution in [3.8, 4) is 0 Å². The van der Waals surface area contributed by atoms with Crippen molar-refractivity contribution in [2.45, 2.75) is 13.3 Å². The lowest BCUT2D eigenvalue weighted by Crippen LogP contribution is -2.37. The van der Waals surface area contributed by atoms with Crippen LogP contribution >= 0.6 is 23.1 Å². The first-order valence-electron chi connectivity index (χ1n) is 6.96. The van der Waals surface area contributed by atoms with Gasteiger partial charge in [0.2, 0.25) is 0 Å². The van der Waals surface area contributed by atoms with E-state index < -0.39 is 5.97 Å². The molecule has 2 heterocycles. The number of aryl methyl sites for hydroxylation is 1. The molecule has 3 rings (SSSR count). The monoisotopic (exact) mass is 332 g/mol. The number of carbonyl (C=O) groups is 1. The van der Waals surface area contributed by atoms with Crippen molar-refractivity contribution in [1.82, 2.24) is 0 Å². The average Bonchev–Trinajstić information content (AvgIpc) is 2.97. The fourth-order valence-corrected chi connectivity index (χ4v) is 4.18. The number of benzene rings is 1. The summed E-state index contributed by atoms with van der Waals surface area (Å²) in [5, 5.41) is 13.1. The Kier molecular flexibility index (Phi) is 4.49. The molecule has 1 aromatic heterocycles. The van der Waals surface area contributed by atoms with E-state index in [1.165, 1.54) is 5.56 Å². The zero-order valence-corrected chi connectivity index (χ0v) is 13.8. The van der Waals surface area contributed by atoms with Crippen molar-refractivity contribution < 1.29 is 9.90 Å². The maximum Gasteiger partial charge on any atom is 0.304 e. The summed E-state index contributed by atoms with van der Waals surface area (Å²) in [5.41, 5.74) is 2.30. The lowest BCUT2D eigenvalue weighted by molar-refractivity contribution is -0.136. The summed E-state index contributed by atoms with van der Waals surface area (Å²) in [6.45, 7) is 2.64. The molecule has 6 heteroatoms. The summed E-state index contributed by atoms with van der Waals surface area (Å²) in [6, 6.07) is 10.4. The Bertz CT molecular complexity index is 796. The zero-order valence-electron chi connectivity index (χ0n) is 12.2. The van der Waals surface area contributed by atoms with Gasteiger partial charge in [0.25, 0.3) is 0 Å². The van der Waals surface area contributed by atoms with E-state index in [2.05, 4.69) is 47.1 Å². The van der Waals surface area contributed by atoms with Crippen LogP contribution in [0.15, 0.2) is 40.7 Å². The molecule has 114 valence electrons. The first kappa shape index (κ1) is 15.1. The summed E-state index contributed by atoms with van der Waals surface area (Å²) in [6.07, 6.45) is 0.159. The molecule has 0 amide bonds. The number of nitrogens with zero attached hydrogens (tertiary/aromatic N) is 2. The van der Waals surface area contributed by atoms with Crippen LogP contribution in [0.2, 0.25) is 0 Å². The van der Waals surface area contributed by atoms with Crippen molar-refractivity contribution in [3.63, 3.8) is 0 Å². The fraction of sp³-hybridized carbons (Fsp3) is 0.250. The van der Waals surface area contributed by atoms with Crippen molar-refractivity contribution in [2.24, 2.45) is 4.99 Å². The fourth-order valence-electron chi connectivity index (χ4n) is 2.25. The number of fused-ring (bicyclic) bond motifs is 1. The van der Waals surface area contributed by atoms with Crippen molar-refractivity contribution in [2.75, 3.05) is 17.3 Å². The summed E-state index contributed by atoms with van der Waals surface area (Å²) in [7, 11) is 0. The first-order chi connectivity index (χ1) is 10.6. The van der Waals surface area contributed by atoms with Gasteiger partial charge < -0.3 is 10.0 Å². The molecule has 1 N–H and O–H groups in total. The molecule has 1 aromatic carbocycles. The predicted molar refractivity (Wildman–Crippen MR) is 91.7 cm³/mol. The summed E-state index contributed by atoms with van der Waals surface area (Å²) < 4.78 is 1.03. The molecule has 0 spiro atoms. The van der Waals surface area contributed by atoms with Gasteiger partial charge >= 0.3 is 5.97 Å². The van der Waals surface area contributed by atoms with E-state index in [-0.39, 0.29) is 6.42 Å². The molecule has 0 saturated heterocycles. The molecular formula is C16H16N2O2S2. The summed E-state index contributed by atoms with van der Waals surface area (Å²) >= 11 is 3.21. The molecule has 0 fully saturated rings. The highest BCUT2D eigenvalue weighted by atomic mass is 32.2. The van der Waals surface area contributed by atoms with Crippen molar-refractivity contribution >= 4 is 39.8 Å². The zero-order chi connectivity index (χ0) is 15.5. The third kappa shape index (κ3) is 3.18. The highest BCUT2D eigenvalue weighted by molar-refractivity contribution is 8.08. The van der Waals surface area contributed by atoms with Gasteiger partial charge in [-0.1, -0.05) is 17.7 Å². The van der Waals surface area contributed by atoms with E-state index in [9.17, 15) is 4.79 Å². The smallest absolute Gasteiger partial charge is 0.304 e. The standard InChI is InChI=1S/C16H16N2O2S2/c1-11-2-4-12(5-3-11)18-10-17-15-13(6-8-21-15)16(18)22-9-7-14(19)20/h2-6,8H,7,9-10H2,1H3,(H,19,20). The number of aliphatic carboxylic acids is 1. The number of hydrogen-bond acceptors (Lipinski definition) is 5. The van der Waals surface area contributed by atoms with Gasteiger partial charge in [-0.2, -0.15) is 0 Å². The van der Waals surface area contributed by atoms with Crippen molar-refractivity contribution in [1.29, 1.82) is 0 Å². The van der Waals surface area contributed by atoms with Crippen LogP contribution in [0.25, 0.3) is 5.03 Å². The molecule has 0 radical (unpaired) electrons. The number of rotatable bonds is 5. The van der Waals surface area contributed by atoms with Gasteiger partial charge in [0.05, 0.1) is 11.4 Å². The van der Waals surface area contributed by atoms with Crippen LogP contribution in [0.5, 0.6) is 0 Å². The lowest BCUT2D eigenvalue weighted by Gasteiger charge is -2.27. The second-order valence-electron chi connectivity index (χ2n) is 5.00. The van der Waals surface area contributed by atoms with E-state index in [4.69, 9.17) is 5.11 Å². The van der Waals surface area contributed by atoms with Crippen LogP contribution in [0.1, 0.15) is 12.0 Å². The van der Waals surface area contributed by atoms with Crippen LogP contribution in [0.4, 0.5) is 5.69 Å². The third-order valence-corrected chi connectivity index (χ3v) is 5.34. The Labute approximate surface area is 136 Å². The van der Waals surface area contributed by atoms with Gasteiger partial charge in [0.1, 0.15) is 11.3 Å². The molecule has 0 saturated carbocycles. The van der Waals surface area contributed by atoms with E-state index in [1.807, 2.05) is 5.38 Å². The molecule has 4 nitrogen and oxygen atoms in total. The minimum atomic E-state index is -0.763. The maximum atomic E-state index is 10.8. The normalized spacial score (nSPS) is 13.7. The van der Waals surface area contributed by atoms with Gasteiger partial charge in [-0.3, -0.25) is 9.79 Å². The Morgan fingerprint density at radius 2 is 2.14 bits per heavy atom. The predicted octanol–water partition coefficient (Wildman–Crippen LogP) is 2.43. The Morgan fingerprint density at radius 3 is 2.86 bits per heavy atom. The largest absolute Gasteiger partial charge is 0.481 e. The quantitative estimate of drug-likeness (QED) is 0.914. The van der Waals surface area contributed by atoms with Gasteiger partial charge in [0, 0.05) is 16.7 Å². The van der Waals surface area contributed by atoms with Crippen LogP contribution in [-0.4, -0.2) is 23.5 Å². The second kappa shape index (κ2) is 6.54. The first-order valence-corrected chi connectivity index (χ1v) is 8.83. The summed E-state index contributed by atoms with van der Waals surface area (Å²) in [5.74, 6) is -0.205. The third-order valence-electron chi connectivity index (χ3n) is 3.38. The molecule has 1 aliphatic rings. The lowest BCUT2D eigenvalue weighted by atomic mass is 10.2. The van der Waals surface area contributed by atoms with E-state index in [0.717, 1.165) is 20.6 Å².